The van der Waals surface area contributed by atoms with Gasteiger partial charge in [-0.25, -0.2) is 4.98 Å². The van der Waals surface area contributed by atoms with Crippen LogP contribution in [0.5, 0.6) is 0 Å². The molecule has 120 valence electrons. The molecule has 0 saturated carbocycles. The number of pyridine rings is 1. The van der Waals surface area contributed by atoms with Crippen molar-refractivity contribution in [1.82, 2.24) is 35.0 Å². The number of hydrogen-bond donors (Lipinski definition) is 0. The van der Waals surface area contributed by atoms with Gasteiger partial charge in [0, 0.05) is 25.2 Å². The molecule has 4 heterocycles. The van der Waals surface area contributed by atoms with E-state index in [1.807, 2.05) is 11.0 Å². The van der Waals surface area contributed by atoms with Crippen molar-refractivity contribution in [3.05, 3.63) is 30.4 Å². The summed E-state index contributed by atoms with van der Waals surface area (Å²) in [5, 5.41) is 11.0. The maximum Gasteiger partial charge on any atom is 0.272 e. The summed E-state index contributed by atoms with van der Waals surface area (Å²) in [5.74, 6) is 0.00677. The molecule has 23 heavy (non-hydrogen) atoms. The normalized spacial score (nSPS) is 24.7. The molecule has 2 atom stereocenters. The molecule has 0 aromatic carbocycles. The largest absolute Gasteiger partial charge is 0.332 e. The van der Waals surface area contributed by atoms with Gasteiger partial charge in [-0.1, -0.05) is 0 Å². The number of piperazine rings is 1. The van der Waals surface area contributed by atoms with Crippen molar-refractivity contribution < 1.29 is 4.79 Å². The van der Waals surface area contributed by atoms with Gasteiger partial charge in [0.25, 0.3) is 5.91 Å². The van der Waals surface area contributed by atoms with E-state index in [0.29, 0.717) is 11.7 Å². The Hall–Kier alpha value is -2.35. The summed E-state index contributed by atoms with van der Waals surface area (Å²) in [4.78, 5) is 21.6. The first-order valence-corrected chi connectivity index (χ1v) is 7.97. The molecule has 1 amide bonds. The molecule has 0 N–H and O–H groups in total. The maximum absolute atomic E-state index is 12.8. The Morgan fingerprint density at radius 3 is 2.96 bits per heavy atom. The van der Waals surface area contributed by atoms with Crippen LogP contribution in [0.25, 0.3) is 5.69 Å². The molecule has 2 saturated heterocycles. The fourth-order valence-corrected chi connectivity index (χ4v) is 3.55. The summed E-state index contributed by atoms with van der Waals surface area (Å²) in [6.07, 6.45) is 5.54. The van der Waals surface area contributed by atoms with Crippen LogP contribution in [0.3, 0.4) is 0 Å². The minimum Gasteiger partial charge on any atom is -0.332 e. The highest BCUT2D eigenvalue weighted by Crippen LogP contribution is 2.25. The third-order valence-electron chi connectivity index (χ3n) is 4.78. The lowest BCUT2D eigenvalue weighted by molar-refractivity contribution is 0.0390. The van der Waals surface area contributed by atoms with Gasteiger partial charge in [-0.2, -0.15) is 4.68 Å². The van der Waals surface area contributed by atoms with Crippen LogP contribution in [0.15, 0.2) is 24.7 Å². The summed E-state index contributed by atoms with van der Waals surface area (Å²) in [6.45, 7) is 5.04. The third-order valence-corrected chi connectivity index (χ3v) is 4.78. The summed E-state index contributed by atoms with van der Waals surface area (Å²) in [7, 11) is 0. The van der Waals surface area contributed by atoms with Crippen molar-refractivity contribution in [2.75, 3.05) is 19.6 Å². The van der Waals surface area contributed by atoms with Crippen molar-refractivity contribution >= 4 is 5.91 Å². The SMILES string of the molecule is CC1CN2CCCC2CN1C(=O)c1ccc(-n2cnnn2)cn1. The first-order valence-electron chi connectivity index (χ1n) is 7.97. The van der Waals surface area contributed by atoms with Crippen molar-refractivity contribution in [1.29, 1.82) is 0 Å². The molecule has 2 fully saturated rings. The van der Waals surface area contributed by atoms with Crippen molar-refractivity contribution in [3.63, 3.8) is 0 Å². The van der Waals surface area contributed by atoms with Gasteiger partial charge in [-0.15, -0.1) is 5.10 Å². The van der Waals surface area contributed by atoms with Crippen LogP contribution in [0.2, 0.25) is 0 Å². The molecular formula is C15H19N7O. The lowest BCUT2D eigenvalue weighted by atomic mass is 10.1. The van der Waals surface area contributed by atoms with Gasteiger partial charge in [-0.3, -0.25) is 9.69 Å². The predicted molar refractivity (Wildman–Crippen MR) is 82.0 cm³/mol. The van der Waals surface area contributed by atoms with Gasteiger partial charge in [-0.05, 0) is 48.9 Å². The second kappa shape index (κ2) is 5.69. The summed E-state index contributed by atoms with van der Waals surface area (Å²) >= 11 is 0. The lowest BCUT2D eigenvalue weighted by Gasteiger charge is -2.42. The van der Waals surface area contributed by atoms with Crippen LogP contribution < -0.4 is 0 Å². The fourth-order valence-electron chi connectivity index (χ4n) is 3.55. The van der Waals surface area contributed by atoms with Gasteiger partial charge in [0.15, 0.2) is 0 Å². The van der Waals surface area contributed by atoms with Crippen LogP contribution in [-0.2, 0) is 0 Å². The van der Waals surface area contributed by atoms with E-state index in [1.54, 1.807) is 12.3 Å². The van der Waals surface area contributed by atoms with E-state index < -0.39 is 0 Å². The summed E-state index contributed by atoms with van der Waals surface area (Å²) < 4.78 is 1.52. The molecule has 2 aromatic heterocycles. The fraction of sp³-hybridized carbons (Fsp3) is 0.533. The van der Waals surface area contributed by atoms with E-state index in [9.17, 15) is 4.79 Å². The van der Waals surface area contributed by atoms with Crippen LogP contribution >= 0.6 is 0 Å². The van der Waals surface area contributed by atoms with Crippen molar-refractivity contribution in [2.45, 2.75) is 31.8 Å². The molecule has 0 radical (unpaired) electrons. The number of rotatable bonds is 2. The zero-order valence-corrected chi connectivity index (χ0v) is 13.0. The molecule has 2 aliphatic rings. The average molecular weight is 313 g/mol. The molecule has 0 spiro atoms. The molecule has 8 heteroatoms. The Kier molecular flexibility index (Phi) is 3.53. The monoisotopic (exact) mass is 313 g/mol. The highest BCUT2D eigenvalue weighted by Gasteiger charge is 2.36. The Morgan fingerprint density at radius 2 is 2.22 bits per heavy atom. The number of tetrazole rings is 1. The van der Waals surface area contributed by atoms with Gasteiger partial charge in [0.05, 0.1) is 11.9 Å². The molecule has 0 aliphatic carbocycles. The molecule has 8 nitrogen and oxygen atoms in total. The predicted octanol–water partition coefficient (Wildman–Crippen LogP) is 0.366. The highest BCUT2D eigenvalue weighted by molar-refractivity contribution is 5.92. The number of fused-ring (bicyclic) bond motifs is 1. The van der Waals surface area contributed by atoms with E-state index in [-0.39, 0.29) is 11.9 Å². The number of amides is 1. The standard InChI is InChI=1S/C15H19N7O/c1-11-8-20-6-2-3-13(20)9-21(11)15(23)14-5-4-12(7-16-14)22-10-17-18-19-22/h4-5,7,10-11,13H,2-3,6,8-9H2,1H3. The number of nitrogens with zero attached hydrogens (tertiary/aromatic N) is 7. The second-order valence-electron chi connectivity index (χ2n) is 6.25. The lowest BCUT2D eigenvalue weighted by Crippen LogP contribution is -2.56. The number of aromatic nitrogens is 5. The van der Waals surface area contributed by atoms with E-state index in [0.717, 1.165) is 25.3 Å². The van der Waals surface area contributed by atoms with Gasteiger partial charge >= 0.3 is 0 Å². The van der Waals surface area contributed by atoms with Crippen molar-refractivity contribution in [2.24, 2.45) is 0 Å². The van der Waals surface area contributed by atoms with E-state index in [4.69, 9.17) is 0 Å². The van der Waals surface area contributed by atoms with E-state index in [1.165, 1.54) is 23.9 Å². The molecular weight excluding hydrogens is 294 g/mol. The minimum absolute atomic E-state index is 0.00677. The third kappa shape index (κ3) is 2.59. The van der Waals surface area contributed by atoms with Crippen LogP contribution in [0.1, 0.15) is 30.3 Å². The summed E-state index contributed by atoms with van der Waals surface area (Å²) in [5.41, 5.74) is 1.21. The van der Waals surface area contributed by atoms with E-state index in [2.05, 4.69) is 32.3 Å². The van der Waals surface area contributed by atoms with Crippen LogP contribution in [0.4, 0.5) is 0 Å². The zero-order valence-electron chi connectivity index (χ0n) is 13.0. The van der Waals surface area contributed by atoms with Crippen LogP contribution in [-0.4, -0.2) is 72.6 Å². The maximum atomic E-state index is 12.8. The van der Waals surface area contributed by atoms with Gasteiger partial charge in [0.2, 0.25) is 0 Å². The van der Waals surface area contributed by atoms with Crippen molar-refractivity contribution in [3.8, 4) is 5.69 Å². The smallest absolute Gasteiger partial charge is 0.272 e. The van der Waals surface area contributed by atoms with Gasteiger partial charge in [0.1, 0.15) is 12.0 Å². The Morgan fingerprint density at radius 1 is 1.30 bits per heavy atom. The highest BCUT2D eigenvalue weighted by atomic mass is 16.2. The molecule has 2 aromatic rings. The molecule has 0 bridgehead atoms. The molecule has 4 rings (SSSR count). The quantitative estimate of drug-likeness (QED) is 0.797. The Bertz CT molecular complexity index is 684. The molecule has 2 unspecified atom stereocenters. The van der Waals surface area contributed by atoms with E-state index >= 15 is 0 Å². The first kappa shape index (κ1) is 14.3. The molecule has 2 aliphatic heterocycles. The summed E-state index contributed by atoms with van der Waals surface area (Å²) in [6, 6.07) is 4.29. The first-order chi connectivity index (χ1) is 11.2. The van der Waals surface area contributed by atoms with Gasteiger partial charge < -0.3 is 4.90 Å². The van der Waals surface area contributed by atoms with Crippen LogP contribution in [0, 0.1) is 0 Å². The Balaban J connectivity index is 1.52. The average Bonchev–Trinajstić information content (AvgIpc) is 3.25. The second-order valence-corrected chi connectivity index (χ2v) is 6.25. The zero-order chi connectivity index (χ0) is 15.8. The number of hydrogen-bond acceptors (Lipinski definition) is 6. The Labute approximate surface area is 134 Å². The topological polar surface area (TPSA) is 80.0 Å². The number of carbonyl (C=O) groups excluding carboxylic acids is 1. The number of carbonyl (C=O) groups is 1. The minimum atomic E-state index is 0.00677.